The van der Waals surface area contributed by atoms with Gasteiger partial charge in [0.2, 0.25) is 5.82 Å². The van der Waals surface area contributed by atoms with Crippen LogP contribution in [-0.2, 0) is 0 Å². The van der Waals surface area contributed by atoms with Crippen LogP contribution in [0.2, 0.25) is 5.15 Å². The zero-order chi connectivity index (χ0) is 15.6. The standard InChI is InChI=1S/C13H9BrClN3O3/c1-7-4-8(6-9(14)5-7)13(19)17-12-10(18(20)21)2-3-11(15)16-12/h2-6H,1H3,(H,16,17,19). The van der Waals surface area contributed by atoms with Gasteiger partial charge in [-0.25, -0.2) is 4.98 Å². The quantitative estimate of drug-likeness (QED) is 0.503. The monoisotopic (exact) mass is 369 g/mol. The molecule has 0 atom stereocenters. The highest BCUT2D eigenvalue weighted by molar-refractivity contribution is 9.10. The van der Waals surface area contributed by atoms with Gasteiger partial charge in [0.05, 0.1) is 4.92 Å². The van der Waals surface area contributed by atoms with Crippen LogP contribution in [0.1, 0.15) is 15.9 Å². The smallest absolute Gasteiger partial charge is 0.301 e. The van der Waals surface area contributed by atoms with Crippen LogP contribution in [0.5, 0.6) is 0 Å². The molecule has 0 aliphatic rings. The lowest BCUT2D eigenvalue weighted by Gasteiger charge is -2.07. The second-order valence-corrected chi connectivity index (χ2v) is 5.53. The van der Waals surface area contributed by atoms with E-state index in [0.717, 1.165) is 10.0 Å². The summed E-state index contributed by atoms with van der Waals surface area (Å²) >= 11 is 9.00. The highest BCUT2D eigenvalue weighted by Gasteiger charge is 2.19. The number of aryl methyl sites for hydroxylation is 1. The van der Waals surface area contributed by atoms with Gasteiger partial charge in [-0.2, -0.15) is 0 Å². The molecular formula is C13H9BrClN3O3. The summed E-state index contributed by atoms with van der Waals surface area (Å²) in [6.07, 6.45) is 0. The predicted molar refractivity (Wildman–Crippen MR) is 82.7 cm³/mol. The molecule has 1 aromatic carbocycles. The maximum atomic E-state index is 12.2. The highest BCUT2D eigenvalue weighted by atomic mass is 79.9. The lowest BCUT2D eigenvalue weighted by Crippen LogP contribution is -2.14. The number of amides is 1. The largest absolute Gasteiger partial charge is 0.311 e. The van der Waals surface area contributed by atoms with Crippen molar-refractivity contribution in [2.75, 3.05) is 5.32 Å². The summed E-state index contributed by atoms with van der Waals surface area (Å²) in [5.74, 6) is -0.688. The molecule has 1 N–H and O–H groups in total. The summed E-state index contributed by atoms with van der Waals surface area (Å²) < 4.78 is 0.737. The highest BCUT2D eigenvalue weighted by Crippen LogP contribution is 2.25. The van der Waals surface area contributed by atoms with E-state index >= 15 is 0 Å². The fourth-order valence-corrected chi connectivity index (χ4v) is 2.47. The van der Waals surface area contributed by atoms with Crippen molar-refractivity contribution in [2.24, 2.45) is 0 Å². The molecule has 21 heavy (non-hydrogen) atoms. The Morgan fingerprint density at radius 1 is 1.38 bits per heavy atom. The summed E-state index contributed by atoms with van der Waals surface area (Å²) in [6, 6.07) is 7.60. The Hall–Kier alpha value is -1.99. The summed E-state index contributed by atoms with van der Waals surface area (Å²) in [5.41, 5.74) is 0.917. The van der Waals surface area contributed by atoms with Gasteiger partial charge in [-0.1, -0.05) is 27.5 Å². The van der Waals surface area contributed by atoms with Crippen molar-refractivity contribution in [1.82, 2.24) is 4.98 Å². The van der Waals surface area contributed by atoms with Crippen LogP contribution in [0.15, 0.2) is 34.8 Å². The minimum atomic E-state index is -0.634. The Morgan fingerprint density at radius 2 is 2.10 bits per heavy atom. The minimum absolute atomic E-state index is 0.0568. The second kappa shape index (κ2) is 6.19. The molecule has 0 aliphatic heterocycles. The number of nitro groups is 1. The van der Waals surface area contributed by atoms with E-state index in [1.807, 2.05) is 13.0 Å². The number of carbonyl (C=O) groups excluding carboxylic acids is 1. The van der Waals surface area contributed by atoms with E-state index in [9.17, 15) is 14.9 Å². The average molecular weight is 371 g/mol. The second-order valence-electron chi connectivity index (χ2n) is 4.23. The van der Waals surface area contributed by atoms with E-state index < -0.39 is 10.8 Å². The molecule has 108 valence electrons. The predicted octanol–water partition coefficient (Wildman–Crippen LogP) is 3.97. The molecule has 2 aromatic rings. The molecule has 0 saturated carbocycles. The van der Waals surface area contributed by atoms with Crippen LogP contribution < -0.4 is 5.32 Å². The molecule has 1 amide bonds. The molecule has 0 saturated heterocycles. The summed E-state index contributed by atoms with van der Waals surface area (Å²) in [6.45, 7) is 1.83. The normalized spacial score (nSPS) is 10.2. The van der Waals surface area contributed by atoms with E-state index in [2.05, 4.69) is 26.2 Å². The van der Waals surface area contributed by atoms with Gasteiger partial charge in [0.15, 0.2) is 0 Å². The first-order valence-corrected chi connectivity index (χ1v) is 6.93. The summed E-state index contributed by atoms with van der Waals surface area (Å²) in [4.78, 5) is 26.2. The maximum absolute atomic E-state index is 12.2. The molecule has 0 spiro atoms. The fourth-order valence-electron chi connectivity index (χ4n) is 1.71. The van der Waals surface area contributed by atoms with E-state index in [-0.39, 0.29) is 16.7 Å². The van der Waals surface area contributed by atoms with E-state index in [0.29, 0.717) is 5.56 Å². The lowest BCUT2D eigenvalue weighted by atomic mass is 10.1. The van der Waals surface area contributed by atoms with Crippen molar-refractivity contribution in [3.05, 3.63) is 61.2 Å². The van der Waals surface area contributed by atoms with Gasteiger partial charge in [-0.05, 0) is 36.8 Å². The van der Waals surface area contributed by atoms with E-state index in [4.69, 9.17) is 11.6 Å². The number of nitrogens with zero attached hydrogens (tertiary/aromatic N) is 2. The van der Waals surface area contributed by atoms with Crippen molar-refractivity contribution < 1.29 is 9.72 Å². The lowest BCUT2D eigenvalue weighted by molar-refractivity contribution is -0.384. The SMILES string of the molecule is Cc1cc(Br)cc(C(=O)Nc2nc(Cl)ccc2[N+](=O)[O-])c1. The first-order chi connectivity index (χ1) is 9.86. The zero-order valence-electron chi connectivity index (χ0n) is 10.8. The van der Waals surface area contributed by atoms with E-state index in [1.54, 1.807) is 12.1 Å². The summed E-state index contributed by atoms with van der Waals surface area (Å²) in [5, 5.41) is 13.4. The van der Waals surface area contributed by atoms with Crippen molar-refractivity contribution in [3.63, 3.8) is 0 Å². The third-order valence-corrected chi connectivity index (χ3v) is 3.24. The molecular weight excluding hydrogens is 362 g/mol. The number of pyridine rings is 1. The molecule has 1 heterocycles. The van der Waals surface area contributed by atoms with E-state index in [1.165, 1.54) is 12.1 Å². The number of halogens is 2. The van der Waals surface area contributed by atoms with Gasteiger partial charge < -0.3 is 5.32 Å². The zero-order valence-corrected chi connectivity index (χ0v) is 13.1. The molecule has 0 radical (unpaired) electrons. The van der Waals surface area contributed by atoms with Gasteiger partial charge in [0.25, 0.3) is 5.91 Å². The Morgan fingerprint density at radius 3 is 2.71 bits per heavy atom. The van der Waals surface area contributed by atoms with Crippen LogP contribution in [0.3, 0.4) is 0 Å². The number of carbonyl (C=O) groups is 1. The molecule has 0 unspecified atom stereocenters. The number of aromatic nitrogens is 1. The van der Waals surface area contributed by atoms with Gasteiger partial charge in [0.1, 0.15) is 5.15 Å². The first-order valence-electron chi connectivity index (χ1n) is 5.76. The summed E-state index contributed by atoms with van der Waals surface area (Å²) in [7, 11) is 0. The number of anilines is 1. The number of rotatable bonds is 3. The Kier molecular flexibility index (Phi) is 4.54. The molecule has 1 aromatic heterocycles. The molecule has 0 fully saturated rings. The topological polar surface area (TPSA) is 85.1 Å². The Balaban J connectivity index is 2.35. The molecule has 8 heteroatoms. The van der Waals surface area contributed by atoms with Crippen LogP contribution in [0.4, 0.5) is 11.5 Å². The Labute approximate surface area is 133 Å². The molecule has 6 nitrogen and oxygen atoms in total. The number of hydrogen-bond donors (Lipinski definition) is 1. The average Bonchev–Trinajstić information content (AvgIpc) is 2.37. The van der Waals surface area contributed by atoms with Crippen LogP contribution in [-0.4, -0.2) is 15.8 Å². The third kappa shape index (κ3) is 3.77. The van der Waals surface area contributed by atoms with Crippen LogP contribution in [0.25, 0.3) is 0 Å². The van der Waals surface area contributed by atoms with Gasteiger partial charge in [0, 0.05) is 16.1 Å². The maximum Gasteiger partial charge on any atom is 0.311 e. The van der Waals surface area contributed by atoms with Crippen molar-refractivity contribution in [1.29, 1.82) is 0 Å². The number of benzene rings is 1. The van der Waals surface area contributed by atoms with Crippen LogP contribution in [0, 0.1) is 17.0 Å². The van der Waals surface area contributed by atoms with Gasteiger partial charge in [-0.15, -0.1) is 0 Å². The van der Waals surface area contributed by atoms with Crippen LogP contribution >= 0.6 is 27.5 Å². The fraction of sp³-hybridized carbons (Fsp3) is 0.0769. The van der Waals surface area contributed by atoms with Crippen molar-refractivity contribution in [2.45, 2.75) is 6.92 Å². The van der Waals surface area contributed by atoms with Crippen molar-refractivity contribution >= 4 is 44.9 Å². The minimum Gasteiger partial charge on any atom is -0.301 e. The van der Waals surface area contributed by atoms with Gasteiger partial charge >= 0.3 is 5.69 Å². The Bertz CT molecular complexity index is 716. The van der Waals surface area contributed by atoms with Gasteiger partial charge in [-0.3, -0.25) is 14.9 Å². The molecule has 2 rings (SSSR count). The molecule has 0 aliphatic carbocycles. The van der Waals surface area contributed by atoms with Crippen molar-refractivity contribution in [3.8, 4) is 0 Å². The molecule has 0 bridgehead atoms. The third-order valence-electron chi connectivity index (χ3n) is 2.57. The first kappa shape index (κ1) is 15.4. The number of hydrogen-bond acceptors (Lipinski definition) is 4. The number of nitrogens with one attached hydrogen (secondary N) is 1.